The van der Waals surface area contributed by atoms with Crippen LogP contribution in [0.3, 0.4) is 0 Å². The second-order valence-corrected chi connectivity index (χ2v) is 14.3. The number of hydrogen-bond donors (Lipinski definition) is 0. The zero-order valence-electron chi connectivity index (χ0n) is 29.6. The molecule has 0 radical (unpaired) electrons. The van der Waals surface area contributed by atoms with Gasteiger partial charge in [-0.3, -0.25) is 0 Å². The van der Waals surface area contributed by atoms with Crippen LogP contribution in [-0.4, -0.2) is 0 Å². The molecular formula is C54H34. The Labute approximate surface area is 314 Å². The third-order valence-corrected chi connectivity index (χ3v) is 11.4. The van der Waals surface area contributed by atoms with Crippen LogP contribution in [0.4, 0.5) is 0 Å². The number of rotatable bonds is 4. The van der Waals surface area contributed by atoms with E-state index in [1.54, 1.807) is 0 Å². The molecule has 0 bridgehead atoms. The summed E-state index contributed by atoms with van der Waals surface area (Å²) in [5, 5.41) is 15.2. The molecule has 11 aromatic rings. The van der Waals surface area contributed by atoms with Crippen molar-refractivity contribution in [3.05, 3.63) is 206 Å². The van der Waals surface area contributed by atoms with E-state index in [0.29, 0.717) is 0 Å². The second kappa shape index (κ2) is 12.3. The van der Waals surface area contributed by atoms with Gasteiger partial charge in [0.15, 0.2) is 0 Å². The van der Waals surface area contributed by atoms with E-state index in [4.69, 9.17) is 0 Å². The highest BCUT2D eigenvalue weighted by Gasteiger charge is 2.22. The van der Waals surface area contributed by atoms with E-state index in [9.17, 15) is 0 Å². The van der Waals surface area contributed by atoms with Gasteiger partial charge in [-0.15, -0.1) is 0 Å². The Balaban J connectivity index is 1.23. The molecule has 250 valence electrons. The summed E-state index contributed by atoms with van der Waals surface area (Å²) in [6.07, 6.45) is 0. The van der Waals surface area contributed by atoms with Crippen molar-refractivity contribution in [2.75, 3.05) is 0 Å². The lowest BCUT2D eigenvalue weighted by Gasteiger charge is -2.22. The van der Waals surface area contributed by atoms with Crippen molar-refractivity contribution >= 4 is 64.6 Å². The Morgan fingerprint density at radius 2 is 0.426 bits per heavy atom. The first kappa shape index (κ1) is 30.6. The van der Waals surface area contributed by atoms with Gasteiger partial charge >= 0.3 is 0 Å². The fraction of sp³-hybridized carbons (Fsp3) is 0. The smallest absolute Gasteiger partial charge is 0.00201 e. The quantitative estimate of drug-likeness (QED) is 0.128. The van der Waals surface area contributed by atoms with Gasteiger partial charge in [-0.25, -0.2) is 0 Å². The van der Waals surface area contributed by atoms with Crippen LogP contribution < -0.4 is 0 Å². The zero-order chi connectivity index (χ0) is 35.6. The monoisotopic (exact) mass is 682 g/mol. The summed E-state index contributed by atoms with van der Waals surface area (Å²) < 4.78 is 0. The standard InChI is InChI=1S/C54H34/c1-3-19-37-35(17-1)33-51(41-23-7-5-21-39(37)41)43-25-9-11-27-45(43)53-47-29-13-15-31-49(47)54(50-32-16-14-30-48(50)53)46-28-12-10-26-44(46)52-34-36-18-2-4-20-38(36)40-22-6-8-24-42(40)52/h1-34H. The van der Waals surface area contributed by atoms with Crippen molar-refractivity contribution in [2.45, 2.75) is 0 Å². The van der Waals surface area contributed by atoms with E-state index in [-0.39, 0.29) is 0 Å². The van der Waals surface area contributed by atoms with Crippen LogP contribution in [0, 0.1) is 0 Å². The molecule has 0 amide bonds. The minimum atomic E-state index is 1.24. The topological polar surface area (TPSA) is 0 Å². The third kappa shape index (κ3) is 4.64. The van der Waals surface area contributed by atoms with Crippen molar-refractivity contribution in [1.82, 2.24) is 0 Å². The second-order valence-electron chi connectivity index (χ2n) is 14.3. The van der Waals surface area contributed by atoms with E-state index >= 15 is 0 Å². The van der Waals surface area contributed by atoms with Crippen molar-refractivity contribution in [3.8, 4) is 44.5 Å². The predicted molar refractivity (Wildman–Crippen MR) is 233 cm³/mol. The van der Waals surface area contributed by atoms with Crippen LogP contribution >= 0.6 is 0 Å². The van der Waals surface area contributed by atoms with Crippen molar-refractivity contribution in [1.29, 1.82) is 0 Å². The lowest BCUT2D eigenvalue weighted by Crippen LogP contribution is -1.95. The average Bonchev–Trinajstić information content (AvgIpc) is 3.25. The molecule has 11 rings (SSSR count). The molecule has 0 aliphatic carbocycles. The molecule has 0 heterocycles. The van der Waals surface area contributed by atoms with E-state index in [2.05, 4.69) is 206 Å². The fourth-order valence-corrected chi connectivity index (χ4v) is 9.13. The van der Waals surface area contributed by atoms with Crippen LogP contribution in [0.25, 0.3) is 109 Å². The van der Waals surface area contributed by atoms with Crippen LogP contribution in [-0.2, 0) is 0 Å². The van der Waals surface area contributed by atoms with Gasteiger partial charge in [-0.2, -0.15) is 0 Å². The molecule has 0 N–H and O–H groups in total. The number of benzene rings is 11. The number of hydrogen-bond acceptors (Lipinski definition) is 0. The van der Waals surface area contributed by atoms with Crippen LogP contribution in [0.15, 0.2) is 206 Å². The highest BCUT2D eigenvalue weighted by molar-refractivity contribution is 6.25. The van der Waals surface area contributed by atoms with Gasteiger partial charge in [0.25, 0.3) is 0 Å². The maximum atomic E-state index is 2.39. The minimum absolute atomic E-state index is 1.24. The van der Waals surface area contributed by atoms with Gasteiger partial charge < -0.3 is 0 Å². The molecule has 0 fully saturated rings. The highest BCUT2D eigenvalue weighted by atomic mass is 14.2. The van der Waals surface area contributed by atoms with Gasteiger partial charge in [-0.1, -0.05) is 194 Å². The Morgan fingerprint density at radius 3 is 0.796 bits per heavy atom. The van der Waals surface area contributed by atoms with Crippen molar-refractivity contribution in [3.63, 3.8) is 0 Å². The van der Waals surface area contributed by atoms with E-state index < -0.39 is 0 Å². The first-order chi connectivity index (χ1) is 26.8. The van der Waals surface area contributed by atoms with E-state index in [1.165, 1.54) is 109 Å². The first-order valence-corrected chi connectivity index (χ1v) is 18.8. The molecule has 0 saturated heterocycles. The van der Waals surface area contributed by atoms with Gasteiger partial charge in [0, 0.05) is 0 Å². The van der Waals surface area contributed by atoms with Gasteiger partial charge in [0.05, 0.1) is 0 Å². The average molecular weight is 683 g/mol. The van der Waals surface area contributed by atoms with Crippen LogP contribution in [0.5, 0.6) is 0 Å². The van der Waals surface area contributed by atoms with Crippen molar-refractivity contribution in [2.24, 2.45) is 0 Å². The summed E-state index contributed by atoms with van der Waals surface area (Å²) >= 11 is 0. The molecule has 0 nitrogen and oxygen atoms in total. The molecule has 0 unspecified atom stereocenters. The van der Waals surface area contributed by atoms with E-state index in [0.717, 1.165) is 0 Å². The Kier molecular flexibility index (Phi) is 6.97. The molecular weight excluding hydrogens is 649 g/mol. The van der Waals surface area contributed by atoms with Gasteiger partial charge in [0.1, 0.15) is 0 Å². The zero-order valence-corrected chi connectivity index (χ0v) is 29.6. The normalized spacial score (nSPS) is 11.7. The molecule has 0 saturated carbocycles. The Bertz CT molecular complexity index is 3000. The Hall–Kier alpha value is -7.02. The maximum Gasteiger partial charge on any atom is -0.00201 e. The molecule has 11 aromatic carbocycles. The summed E-state index contributed by atoms with van der Waals surface area (Å²) in [6.45, 7) is 0. The predicted octanol–water partition coefficient (Wildman–Crippen LogP) is 15.3. The minimum Gasteiger partial charge on any atom is -0.0616 e. The van der Waals surface area contributed by atoms with Gasteiger partial charge in [0.2, 0.25) is 0 Å². The summed E-state index contributed by atoms with van der Waals surface area (Å²) in [4.78, 5) is 0. The summed E-state index contributed by atoms with van der Waals surface area (Å²) in [7, 11) is 0. The molecule has 0 atom stereocenters. The van der Waals surface area contributed by atoms with E-state index in [1.807, 2.05) is 0 Å². The lowest BCUT2D eigenvalue weighted by molar-refractivity contribution is 1.63. The summed E-state index contributed by atoms with van der Waals surface area (Å²) in [5.41, 5.74) is 10.0. The largest absolute Gasteiger partial charge is 0.0616 e. The SMILES string of the molecule is c1ccc(-c2cc3ccccc3c3ccccc23)c(-c2c3ccccc3c(-c3ccccc3-c3cc4ccccc4c4ccccc34)c3ccccc23)c1. The van der Waals surface area contributed by atoms with Crippen LogP contribution in [0.1, 0.15) is 0 Å². The summed E-state index contributed by atoms with van der Waals surface area (Å²) in [6, 6.07) is 76.1. The molecule has 0 aliphatic rings. The maximum absolute atomic E-state index is 2.39. The third-order valence-electron chi connectivity index (χ3n) is 11.4. The van der Waals surface area contributed by atoms with Crippen molar-refractivity contribution < 1.29 is 0 Å². The molecule has 0 heteroatoms. The lowest BCUT2D eigenvalue weighted by atomic mass is 9.81. The number of fused-ring (bicyclic) bond motifs is 8. The molecule has 54 heavy (non-hydrogen) atoms. The first-order valence-electron chi connectivity index (χ1n) is 18.8. The molecule has 0 aliphatic heterocycles. The Morgan fingerprint density at radius 1 is 0.167 bits per heavy atom. The van der Waals surface area contributed by atoms with Gasteiger partial charge in [-0.05, 0) is 121 Å². The summed E-state index contributed by atoms with van der Waals surface area (Å²) in [5.74, 6) is 0. The highest BCUT2D eigenvalue weighted by Crippen LogP contribution is 2.49. The molecule has 0 aromatic heterocycles. The fourth-order valence-electron chi connectivity index (χ4n) is 9.13. The van der Waals surface area contributed by atoms with Crippen LogP contribution in [0.2, 0.25) is 0 Å². The molecule has 0 spiro atoms.